The van der Waals surface area contributed by atoms with E-state index in [0.29, 0.717) is 5.75 Å². The molecule has 3 N–H and O–H groups in total. The lowest BCUT2D eigenvalue weighted by Crippen LogP contribution is -2.21. The van der Waals surface area contributed by atoms with Crippen molar-refractivity contribution in [3.63, 3.8) is 0 Å². The first-order valence-corrected chi connectivity index (χ1v) is 5.55. The molecule has 4 nitrogen and oxygen atoms in total. The second kappa shape index (κ2) is 5.72. The molecular formula is C14H14N2O2. The van der Waals surface area contributed by atoms with Gasteiger partial charge < -0.3 is 15.7 Å². The van der Waals surface area contributed by atoms with Gasteiger partial charge >= 0.3 is 0 Å². The fourth-order valence-electron chi connectivity index (χ4n) is 1.63. The summed E-state index contributed by atoms with van der Waals surface area (Å²) in [5.74, 6) is 0.744. The summed E-state index contributed by atoms with van der Waals surface area (Å²) >= 11 is 0. The zero-order valence-corrected chi connectivity index (χ0v) is 9.78. The van der Waals surface area contributed by atoms with Gasteiger partial charge in [0.15, 0.2) is 5.84 Å². The average molecular weight is 242 g/mol. The fraction of sp³-hybridized carbons (Fsp3) is 0.0714. The number of para-hydroxylation sites is 1. The largest absolute Gasteiger partial charge is 0.485 e. The molecule has 0 fully saturated rings. The first kappa shape index (κ1) is 12.0. The Morgan fingerprint density at radius 1 is 1.06 bits per heavy atom. The lowest BCUT2D eigenvalue weighted by Gasteiger charge is -2.10. The molecule has 0 heterocycles. The number of rotatable bonds is 4. The minimum Gasteiger partial charge on any atom is -0.485 e. The maximum Gasteiger partial charge on any atom is 0.177 e. The zero-order valence-electron chi connectivity index (χ0n) is 9.78. The van der Waals surface area contributed by atoms with Crippen LogP contribution in [0.5, 0.6) is 5.75 Å². The normalized spacial score (nSPS) is 11.2. The number of oxime groups is 1. The van der Waals surface area contributed by atoms with Crippen molar-refractivity contribution in [3.8, 4) is 16.9 Å². The lowest BCUT2D eigenvalue weighted by molar-refractivity contribution is 0.306. The number of hydrogen-bond acceptors (Lipinski definition) is 3. The summed E-state index contributed by atoms with van der Waals surface area (Å²) in [6.07, 6.45) is 0. The molecule has 0 aliphatic heterocycles. The number of ether oxygens (including phenoxy) is 1. The maximum absolute atomic E-state index is 8.48. The number of benzene rings is 2. The Kier molecular flexibility index (Phi) is 3.81. The molecule has 2 aromatic rings. The molecule has 0 aliphatic carbocycles. The van der Waals surface area contributed by atoms with E-state index in [9.17, 15) is 0 Å². The van der Waals surface area contributed by atoms with Crippen LogP contribution in [0.3, 0.4) is 0 Å². The molecular weight excluding hydrogens is 228 g/mol. The average Bonchev–Trinajstić information content (AvgIpc) is 2.46. The SMILES string of the molecule is N/C(COc1ccccc1-c1ccccc1)=N/O. The Bertz CT molecular complexity index is 539. The summed E-state index contributed by atoms with van der Waals surface area (Å²) in [7, 11) is 0. The van der Waals surface area contributed by atoms with Gasteiger partial charge in [0.05, 0.1) is 0 Å². The van der Waals surface area contributed by atoms with Crippen molar-refractivity contribution in [2.75, 3.05) is 6.61 Å². The Morgan fingerprint density at radius 3 is 2.44 bits per heavy atom. The molecule has 0 aromatic heterocycles. The third-order valence-electron chi connectivity index (χ3n) is 2.48. The first-order chi connectivity index (χ1) is 8.81. The molecule has 0 aliphatic rings. The van der Waals surface area contributed by atoms with Gasteiger partial charge in [0.2, 0.25) is 0 Å². The van der Waals surface area contributed by atoms with Crippen molar-refractivity contribution in [1.82, 2.24) is 0 Å². The summed E-state index contributed by atoms with van der Waals surface area (Å²) in [5, 5.41) is 11.4. The number of nitrogens with two attached hydrogens (primary N) is 1. The molecule has 4 heteroatoms. The van der Waals surface area contributed by atoms with Gasteiger partial charge in [-0.25, -0.2) is 0 Å². The summed E-state index contributed by atoms with van der Waals surface area (Å²) in [4.78, 5) is 0. The Labute approximate surface area is 105 Å². The smallest absolute Gasteiger partial charge is 0.177 e. The van der Waals surface area contributed by atoms with E-state index in [4.69, 9.17) is 15.7 Å². The van der Waals surface area contributed by atoms with Gasteiger partial charge in [-0.2, -0.15) is 0 Å². The Hall–Kier alpha value is -2.49. The maximum atomic E-state index is 8.48. The van der Waals surface area contributed by atoms with E-state index in [1.807, 2.05) is 54.6 Å². The van der Waals surface area contributed by atoms with Crippen molar-refractivity contribution in [3.05, 3.63) is 54.6 Å². The van der Waals surface area contributed by atoms with Gasteiger partial charge in [-0.1, -0.05) is 53.7 Å². The zero-order chi connectivity index (χ0) is 12.8. The molecule has 0 spiro atoms. The van der Waals surface area contributed by atoms with Crippen molar-refractivity contribution >= 4 is 5.84 Å². The van der Waals surface area contributed by atoms with E-state index in [-0.39, 0.29) is 12.4 Å². The van der Waals surface area contributed by atoms with E-state index < -0.39 is 0 Å². The van der Waals surface area contributed by atoms with Crippen molar-refractivity contribution in [2.45, 2.75) is 0 Å². The molecule has 2 rings (SSSR count). The van der Waals surface area contributed by atoms with Gasteiger partial charge in [-0.05, 0) is 11.6 Å². The van der Waals surface area contributed by atoms with E-state index in [1.54, 1.807) is 0 Å². The van der Waals surface area contributed by atoms with Crippen LogP contribution in [0.25, 0.3) is 11.1 Å². The van der Waals surface area contributed by atoms with E-state index in [1.165, 1.54) is 0 Å². The lowest BCUT2D eigenvalue weighted by atomic mass is 10.1. The predicted molar refractivity (Wildman–Crippen MR) is 70.8 cm³/mol. The molecule has 0 saturated heterocycles. The summed E-state index contributed by atoms with van der Waals surface area (Å²) < 4.78 is 5.53. The van der Waals surface area contributed by atoms with Crippen molar-refractivity contribution < 1.29 is 9.94 Å². The molecule has 0 bridgehead atoms. The van der Waals surface area contributed by atoms with Crippen LogP contribution in [0.15, 0.2) is 59.8 Å². The molecule has 0 atom stereocenters. The number of hydrogen-bond donors (Lipinski definition) is 2. The van der Waals surface area contributed by atoms with E-state index in [2.05, 4.69) is 5.16 Å². The summed E-state index contributed by atoms with van der Waals surface area (Å²) in [5.41, 5.74) is 7.42. The highest BCUT2D eigenvalue weighted by Gasteiger charge is 2.05. The summed E-state index contributed by atoms with van der Waals surface area (Å²) in [6, 6.07) is 17.6. The summed E-state index contributed by atoms with van der Waals surface area (Å²) in [6.45, 7) is 0.0559. The first-order valence-electron chi connectivity index (χ1n) is 5.55. The Balaban J connectivity index is 2.26. The monoisotopic (exact) mass is 242 g/mol. The highest BCUT2D eigenvalue weighted by Crippen LogP contribution is 2.29. The predicted octanol–water partition coefficient (Wildman–Crippen LogP) is 2.48. The minimum atomic E-state index is 0.0397. The van der Waals surface area contributed by atoms with Gasteiger partial charge in [0.1, 0.15) is 12.4 Å². The third-order valence-corrected chi connectivity index (χ3v) is 2.48. The standard InChI is InChI=1S/C14H14N2O2/c15-14(16-17)10-18-13-9-5-4-8-12(13)11-6-2-1-3-7-11/h1-9,17H,10H2,(H2,15,16). The van der Waals surface area contributed by atoms with Gasteiger partial charge in [0, 0.05) is 5.56 Å². The number of nitrogens with zero attached hydrogens (tertiary/aromatic N) is 1. The highest BCUT2D eigenvalue weighted by atomic mass is 16.5. The van der Waals surface area contributed by atoms with Crippen LogP contribution in [0, 0.1) is 0 Å². The van der Waals surface area contributed by atoms with Gasteiger partial charge in [-0.15, -0.1) is 0 Å². The second-order valence-corrected chi connectivity index (χ2v) is 3.74. The molecule has 2 aromatic carbocycles. The number of amidine groups is 1. The molecule has 0 unspecified atom stereocenters. The Morgan fingerprint density at radius 2 is 1.72 bits per heavy atom. The second-order valence-electron chi connectivity index (χ2n) is 3.74. The molecule has 92 valence electrons. The molecule has 18 heavy (non-hydrogen) atoms. The van der Waals surface area contributed by atoms with Crippen LogP contribution in [-0.2, 0) is 0 Å². The van der Waals surface area contributed by atoms with Crippen LogP contribution < -0.4 is 10.5 Å². The van der Waals surface area contributed by atoms with Crippen LogP contribution in [0.1, 0.15) is 0 Å². The third kappa shape index (κ3) is 2.79. The van der Waals surface area contributed by atoms with E-state index >= 15 is 0 Å². The van der Waals surface area contributed by atoms with Crippen LogP contribution in [0.4, 0.5) is 0 Å². The van der Waals surface area contributed by atoms with Crippen LogP contribution in [0.2, 0.25) is 0 Å². The topological polar surface area (TPSA) is 67.8 Å². The molecule has 0 amide bonds. The van der Waals surface area contributed by atoms with Crippen molar-refractivity contribution in [1.29, 1.82) is 0 Å². The molecule has 0 saturated carbocycles. The van der Waals surface area contributed by atoms with Gasteiger partial charge in [0.25, 0.3) is 0 Å². The van der Waals surface area contributed by atoms with Crippen LogP contribution >= 0.6 is 0 Å². The van der Waals surface area contributed by atoms with Crippen LogP contribution in [-0.4, -0.2) is 17.6 Å². The minimum absolute atomic E-state index is 0.0397. The highest BCUT2D eigenvalue weighted by molar-refractivity contribution is 5.81. The quantitative estimate of drug-likeness (QED) is 0.374. The molecule has 0 radical (unpaired) electrons. The van der Waals surface area contributed by atoms with Gasteiger partial charge in [-0.3, -0.25) is 0 Å². The fourth-order valence-corrected chi connectivity index (χ4v) is 1.63. The van der Waals surface area contributed by atoms with E-state index in [0.717, 1.165) is 11.1 Å². The van der Waals surface area contributed by atoms with Crippen molar-refractivity contribution in [2.24, 2.45) is 10.9 Å².